The van der Waals surface area contributed by atoms with Gasteiger partial charge in [0.2, 0.25) is 0 Å². The number of aryl methyl sites for hydroxylation is 1. The molecular formula is C14H19NO. The first-order chi connectivity index (χ1) is 7.52. The zero-order chi connectivity index (χ0) is 11.9. The molecular weight excluding hydrogens is 198 g/mol. The van der Waals surface area contributed by atoms with Crippen LogP contribution in [0.4, 0.5) is 0 Å². The zero-order valence-corrected chi connectivity index (χ0v) is 10.3. The van der Waals surface area contributed by atoms with Crippen molar-refractivity contribution in [1.82, 2.24) is 0 Å². The van der Waals surface area contributed by atoms with E-state index in [0.29, 0.717) is 6.54 Å². The Morgan fingerprint density at radius 2 is 1.88 bits per heavy atom. The van der Waals surface area contributed by atoms with Crippen molar-refractivity contribution in [2.45, 2.75) is 33.6 Å². The fourth-order valence-electron chi connectivity index (χ4n) is 2.16. The Morgan fingerprint density at radius 3 is 2.38 bits per heavy atom. The predicted octanol–water partition coefficient (Wildman–Crippen LogP) is 2.53. The quantitative estimate of drug-likeness (QED) is 0.791. The summed E-state index contributed by atoms with van der Waals surface area (Å²) in [6.07, 6.45) is 1.91. The Bertz CT molecular complexity index is 444. The molecule has 1 aromatic carbocycles. The largest absolute Gasteiger partial charge is 0.329 e. The van der Waals surface area contributed by atoms with Gasteiger partial charge < -0.3 is 5.73 Å². The van der Waals surface area contributed by atoms with Gasteiger partial charge in [0.1, 0.15) is 0 Å². The fourth-order valence-corrected chi connectivity index (χ4v) is 2.16. The number of hydrogen-bond acceptors (Lipinski definition) is 2. The normalized spacial score (nSPS) is 17.2. The van der Waals surface area contributed by atoms with Crippen molar-refractivity contribution in [2.75, 3.05) is 6.54 Å². The number of ketones is 1. The standard InChI is InChI=1S/C14H19NO/c1-9-4-5-12(11(3)10(9)2)13(16)14(8-15)6-7-14/h4-5H,6-8,15H2,1-3H3. The lowest BCUT2D eigenvalue weighted by atomic mass is 9.89. The third kappa shape index (κ3) is 1.57. The van der Waals surface area contributed by atoms with Crippen molar-refractivity contribution in [3.63, 3.8) is 0 Å². The van der Waals surface area contributed by atoms with Crippen molar-refractivity contribution in [3.05, 3.63) is 34.4 Å². The second kappa shape index (κ2) is 3.70. The van der Waals surface area contributed by atoms with E-state index in [1.165, 1.54) is 11.1 Å². The molecule has 0 aliphatic heterocycles. The lowest BCUT2D eigenvalue weighted by Crippen LogP contribution is -2.26. The number of nitrogens with two attached hydrogens (primary N) is 1. The van der Waals surface area contributed by atoms with Gasteiger partial charge in [-0.3, -0.25) is 4.79 Å². The van der Waals surface area contributed by atoms with E-state index in [0.717, 1.165) is 24.0 Å². The van der Waals surface area contributed by atoms with Crippen molar-refractivity contribution in [1.29, 1.82) is 0 Å². The molecule has 1 aromatic rings. The van der Waals surface area contributed by atoms with Crippen LogP contribution in [0.2, 0.25) is 0 Å². The molecule has 0 spiro atoms. The van der Waals surface area contributed by atoms with Gasteiger partial charge in [0.15, 0.2) is 5.78 Å². The summed E-state index contributed by atoms with van der Waals surface area (Å²) in [5.74, 6) is 0.246. The van der Waals surface area contributed by atoms with Crippen molar-refractivity contribution in [3.8, 4) is 0 Å². The first-order valence-corrected chi connectivity index (χ1v) is 5.83. The highest BCUT2D eigenvalue weighted by atomic mass is 16.1. The Labute approximate surface area is 96.8 Å². The van der Waals surface area contributed by atoms with Crippen LogP contribution in [0.15, 0.2) is 12.1 Å². The third-order valence-corrected chi connectivity index (χ3v) is 4.03. The van der Waals surface area contributed by atoms with E-state index in [4.69, 9.17) is 5.73 Å². The van der Waals surface area contributed by atoms with Gasteiger partial charge in [-0.05, 0) is 50.3 Å². The Morgan fingerprint density at radius 1 is 1.25 bits per heavy atom. The predicted molar refractivity (Wildman–Crippen MR) is 65.7 cm³/mol. The average Bonchev–Trinajstić information content (AvgIpc) is 3.06. The highest BCUT2D eigenvalue weighted by Crippen LogP contribution is 2.47. The fraction of sp³-hybridized carbons (Fsp3) is 0.500. The Kier molecular flexibility index (Phi) is 2.62. The summed E-state index contributed by atoms with van der Waals surface area (Å²) in [4.78, 5) is 12.4. The van der Waals surface area contributed by atoms with Crippen LogP contribution in [-0.4, -0.2) is 12.3 Å². The van der Waals surface area contributed by atoms with Crippen molar-refractivity contribution in [2.24, 2.45) is 11.1 Å². The van der Waals surface area contributed by atoms with Crippen LogP contribution in [0, 0.1) is 26.2 Å². The molecule has 2 heteroatoms. The summed E-state index contributed by atoms with van der Waals surface area (Å²) in [6.45, 7) is 6.66. The van der Waals surface area contributed by atoms with Crippen molar-refractivity contribution >= 4 is 5.78 Å². The van der Waals surface area contributed by atoms with Gasteiger partial charge >= 0.3 is 0 Å². The van der Waals surface area contributed by atoms with E-state index in [9.17, 15) is 4.79 Å². The van der Waals surface area contributed by atoms with Crippen molar-refractivity contribution < 1.29 is 4.79 Å². The molecule has 0 bridgehead atoms. The summed E-state index contributed by atoms with van der Waals surface area (Å²) in [7, 11) is 0. The molecule has 1 aliphatic rings. The van der Waals surface area contributed by atoms with E-state index >= 15 is 0 Å². The molecule has 0 aromatic heterocycles. The van der Waals surface area contributed by atoms with Gasteiger partial charge in [-0.1, -0.05) is 12.1 Å². The molecule has 86 valence electrons. The van der Waals surface area contributed by atoms with Gasteiger partial charge in [-0.15, -0.1) is 0 Å². The van der Waals surface area contributed by atoms with Gasteiger partial charge in [-0.25, -0.2) is 0 Å². The molecule has 0 heterocycles. The summed E-state index contributed by atoms with van der Waals surface area (Å²) < 4.78 is 0. The second-order valence-electron chi connectivity index (χ2n) is 4.99. The number of carbonyl (C=O) groups excluding carboxylic acids is 1. The average molecular weight is 217 g/mol. The van der Waals surface area contributed by atoms with Gasteiger partial charge in [0.05, 0.1) is 0 Å². The minimum Gasteiger partial charge on any atom is -0.329 e. The topological polar surface area (TPSA) is 43.1 Å². The molecule has 16 heavy (non-hydrogen) atoms. The van der Waals surface area contributed by atoms with E-state index in [1.54, 1.807) is 0 Å². The van der Waals surface area contributed by atoms with Crippen LogP contribution in [0.5, 0.6) is 0 Å². The van der Waals surface area contributed by atoms with Crippen LogP contribution in [0.25, 0.3) is 0 Å². The molecule has 1 fully saturated rings. The molecule has 1 saturated carbocycles. The Hall–Kier alpha value is -1.15. The van der Waals surface area contributed by atoms with E-state index in [2.05, 4.69) is 13.8 Å². The minimum absolute atomic E-state index is 0.230. The maximum atomic E-state index is 12.4. The molecule has 2 nitrogen and oxygen atoms in total. The molecule has 0 unspecified atom stereocenters. The SMILES string of the molecule is Cc1ccc(C(=O)C2(CN)CC2)c(C)c1C. The van der Waals surface area contributed by atoms with Crippen LogP contribution >= 0.6 is 0 Å². The number of rotatable bonds is 3. The first kappa shape index (κ1) is 11.3. The molecule has 0 atom stereocenters. The molecule has 1 aliphatic carbocycles. The number of carbonyl (C=O) groups is 1. The zero-order valence-electron chi connectivity index (χ0n) is 10.3. The van der Waals surface area contributed by atoms with Crippen LogP contribution in [0.1, 0.15) is 39.9 Å². The molecule has 0 radical (unpaired) electrons. The molecule has 2 rings (SSSR count). The molecule has 2 N–H and O–H groups in total. The lowest BCUT2D eigenvalue weighted by molar-refractivity contribution is 0.0905. The van der Waals surface area contributed by atoms with Crippen LogP contribution in [-0.2, 0) is 0 Å². The molecule has 0 saturated heterocycles. The summed E-state index contributed by atoms with van der Waals surface area (Å²) >= 11 is 0. The second-order valence-corrected chi connectivity index (χ2v) is 4.99. The number of hydrogen-bond donors (Lipinski definition) is 1. The smallest absolute Gasteiger partial charge is 0.170 e. The third-order valence-electron chi connectivity index (χ3n) is 4.03. The summed E-state index contributed by atoms with van der Waals surface area (Å²) in [6, 6.07) is 3.98. The maximum absolute atomic E-state index is 12.4. The molecule has 0 amide bonds. The summed E-state index contributed by atoms with van der Waals surface area (Å²) in [5.41, 5.74) is 9.92. The van der Waals surface area contributed by atoms with Gasteiger partial charge in [0, 0.05) is 17.5 Å². The first-order valence-electron chi connectivity index (χ1n) is 5.83. The van der Waals surface area contributed by atoms with E-state index in [1.807, 2.05) is 19.1 Å². The maximum Gasteiger partial charge on any atom is 0.170 e. The van der Waals surface area contributed by atoms with Crippen LogP contribution < -0.4 is 5.73 Å². The van der Waals surface area contributed by atoms with Gasteiger partial charge in [0.25, 0.3) is 0 Å². The van der Waals surface area contributed by atoms with E-state index < -0.39 is 0 Å². The minimum atomic E-state index is -0.230. The highest BCUT2D eigenvalue weighted by Gasteiger charge is 2.48. The van der Waals surface area contributed by atoms with Crippen LogP contribution in [0.3, 0.4) is 0 Å². The number of Topliss-reactive ketones (excluding diaryl/α,β-unsaturated/α-hetero) is 1. The summed E-state index contributed by atoms with van der Waals surface area (Å²) in [5, 5.41) is 0. The number of benzene rings is 1. The van der Waals surface area contributed by atoms with Gasteiger partial charge in [-0.2, -0.15) is 0 Å². The monoisotopic (exact) mass is 217 g/mol. The highest BCUT2D eigenvalue weighted by molar-refractivity contribution is 6.03. The lowest BCUT2D eigenvalue weighted by Gasteiger charge is -2.15. The van der Waals surface area contributed by atoms with E-state index in [-0.39, 0.29) is 11.2 Å². The Balaban J connectivity index is 2.42.